The first-order valence-electron chi connectivity index (χ1n) is 7.47. The molecule has 2 N–H and O–H groups in total. The Morgan fingerprint density at radius 2 is 2.14 bits per heavy atom. The predicted octanol–water partition coefficient (Wildman–Crippen LogP) is 0.232. The molecule has 2 rings (SSSR count). The molecule has 7 nitrogen and oxygen atoms in total. The molecule has 120 valence electrons. The molecule has 7 heteroatoms. The van der Waals surface area contributed by atoms with Crippen LogP contribution in [0.3, 0.4) is 0 Å². The molecule has 2 aliphatic rings. The van der Waals surface area contributed by atoms with Crippen LogP contribution in [0.4, 0.5) is 4.79 Å². The van der Waals surface area contributed by atoms with Crippen LogP contribution >= 0.6 is 0 Å². The third kappa shape index (κ3) is 3.65. The summed E-state index contributed by atoms with van der Waals surface area (Å²) in [6, 6.07) is -0.549. The SMILES string of the molecule is CN(C(=O)N1CCCC(CCO)C1)C1COCC1C(=O)O. The van der Waals surface area contributed by atoms with Crippen molar-refractivity contribution in [1.29, 1.82) is 0 Å². The molecule has 2 saturated heterocycles. The van der Waals surface area contributed by atoms with E-state index in [9.17, 15) is 14.7 Å². The highest BCUT2D eigenvalue weighted by Crippen LogP contribution is 2.23. The van der Waals surface area contributed by atoms with Crippen LogP contribution in [0.1, 0.15) is 19.3 Å². The van der Waals surface area contributed by atoms with E-state index in [0.717, 1.165) is 12.8 Å². The summed E-state index contributed by atoms with van der Waals surface area (Å²) in [4.78, 5) is 27.0. The fourth-order valence-electron chi connectivity index (χ4n) is 3.18. The van der Waals surface area contributed by atoms with Gasteiger partial charge >= 0.3 is 12.0 Å². The monoisotopic (exact) mass is 300 g/mol. The largest absolute Gasteiger partial charge is 0.481 e. The van der Waals surface area contributed by atoms with Gasteiger partial charge in [0.05, 0.1) is 19.3 Å². The second-order valence-corrected chi connectivity index (χ2v) is 5.91. The Kier molecular flexibility index (Phi) is 5.41. The van der Waals surface area contributed by atoms with Gasteiger partial charge in [0.15, 0.2) is 0 Å². The van der Waals surface area contributed by atoms with Crippen molar-refractivity contribution >= 4 is 12.0 Å². The summed E-state index contributed by atoms with van der Waals surface area (Å²) < 4.78 is 5.22. The molecule has 0 radical (unpaired) electrons. The number of ether oxygens (including phenoxy) is 1. The molecule has 3 unspecified atom stereocenters. The van der Waals surface area contributed by atoms with Gasteiger partial charge in [0.25, 0.3) is 0 Å². The number of carbonyl (C=O) groups is 2. The summed E-state index contributed by atoms with van der Waals surface area (Å²) in [7, 11) is 1.65. The molecule has 0 aromatic rings. The Bertz CT molecular complexity index is 388. The number of carboxylic acid groups (broad SMARTS) is 1. The summed E-state index contributed by atoms with van der Waals surface area (Å²) >= 11 is 0. The summed E-state index contributed by atoms with van der Waals surface area (Å²) in [5, 5.41) is 18.2. The van der Waals surface area contributed by atoms with Crippen LogP contribution in [-0.4, -0.2) is 78.0 Å². The van der Waals surface area contributed by atoms with E-state index in [1.165, 1.54) is 4.90 Å². The van der Waals surface area contributed by atoms with Gasteiger partial charge in [-0.1, -0.05) is 0 Å². The fourth-order valence-corrected chi connectivity index (χ4v) is 3.18. The van der Waals surface area contributed by atoms with Gasteiger partial charge in [-0.3, -0.25) is 4.79 Å². The molecule has 0 spiro atoms. The number of amides is 2. The second-order valence-electron chi connectivity index (χ2n) is 5.91. The minimum atomic E-state index is -0.922. The number of carbonyl (C=O) groups excluding carboxylic acids is 1. The van der Waals surface area contributed by atoms with Gasteiger partial charge in [-0.05, 0) is 25.2 Å². The number of hydrogen-bond acceptors (Lipinski definition) is 4. The average molecular weight is 300 g/mol. The minimum absolute atomic E-state index is 0.139. The number of carboxylic acids is 1. The van der Waals surface area contributed by atoms with Crippen molar-refractivity contribution in [2.75, 3.05) is 40.0 Å². The molecule has 21 heavy (non-hydrogen) atoms. The lowest BCUT2D eigenvalue weighted by Gasteiger charge is -2.37. The molecule has 3 atom stereocenters. The highest BCUT2D eigenvalue weighted by molar-refractivity contribution is 5.77. The number of hydrogen-bond donors (Lipinski definition) is 2. The van der Waals surface area contributed by atoms with E-state index < -0.39 is 17.9 Å². The van der Waals surface area contributed by atoms with Crippen molar-refractivity contribution in [2.45, 2.75) is 25.3 Å². The van der Waals surface area contributed by atoms with Gasteiger partial charge < -0.3 is 24.7 Å². The van der Waals surface area contributed by atoms with Crippen LogP contribution in [0.15, 0.2) is 0 Å². The molecule has 0 aromatic carbocycles. The predicted molar refractivity (Wildman–Crippen MR) is 74.9 cm³/mol. The summed E-state index contributed by atoms with van der Waals surface area (Å²) in [5.41, 5.74) is 0. The maximum absolute atomic E-state index is 12.5. The number of urea groups is 1. The normalized spacial score (nSPS) is 29.4. The Morgan fingerprint density at radius 3 is 2.81 bits per heavy atom. The first kappa shape index (κ1) is 16.0. The van der Waals surface area contributed by atoms with E-state index in [-0.39, 0.29) is 25.9 Å². The zero-order valence-corrected chi connectivity index (χ0v) is 12.4. The Hall–Kier alpha value is -1.34. The van der Waals surface area contributed by atoms with Crippen LogP contribution < -0.4 is 0 Å². The molecule has 0 saturated carbocycles. The first-order chi connectivity index (χ1) is 10.0. The Balaban J connectivity index is 1.96. The van der Waals surface area contributed by atoms with Gasteiger partial charge in [0.2, 0.25) is 0 Å². The van der Waals surface area contributed by atoms with Crippen LogP contribution in [-0.2, 0) is 9.53 Å². The van der Waals surface area contributed by atoms with Crippen molar-refractivity contribution in [3.8, 4) is 0 Å². The average Bonchev–Trinajstić information content (AvgIpc) is 2.96. The number of aliphatic carboxylic acids is 1. The van der Waals surface area contributed by atoms with Crippen LogP contribution in [0.5, 0.6) is 0 Å². The molecule has 0 aromatic heterocycles. The maximum Gasteiger partial charge on any atom is 0.320 e. The molecule has 2 heterocycles. The van der Waals surface area contributed by atoms with Gasteiger partial charge in [-0.15, -0.1) is 0 Å². The van der Waals surface area contributed by atoms with Gasteiger partial charge in [-0.2, -0.15) is 0 Å². The highest BCUT2D eigenvalue weighted by atomic mass is 16.5. The number of nitrogens with zero attached hydrogens (tertiary/aromatic N) is 2. The highest BCUT2D eigenvalue weighted by Gasteiger charge is 2.40. The smallest absolute Gasteiger partial charge is 0.320 e. The standard InChI is InChI=1S/C14H24N2O5/c1-15(12-9-21-8-11(12)13(18)19)14(20)16-5-2-3-10(7-16)4-6-17/h10-12,17H,2-9H2,1H3,(H,18,19). The zero-order chi connectivity index (χ0) is 15.4. The van der Waals surface area contributed by atoms with E-state index in [4.69, 9.17) is 9.84 Å². The second kappa shape index (κ2) is 7.09. The van der Waals surface area contributed by atoms with E-state index >= 15 is 0 Å². The van der Waals surface area contributed by atoms with Gasteiger partial charge in [0.1, 0.15) is 5.92 Å². The number of piperidine rings is 1. The van der Waals surface area contributed by atoms with E-state index in [1.807, 2.05) is 0 Å². The number of aliphatic hydroxyl groups excluding tert-OH is 1. The van der Waals surface area contributed by atoms with Gasteiger partial charge in [-0.25, -0.2) is 4.79 Å². The van der Waals surface area contributed by atoms with Gasteiger partial charge in [0, 0.05) is 26.7 Å². The number of aliphatic hydroxyl groups is 1. The third-order valence-corrected chi connectivity index (χ3v) is 4.49. The van der Waals surface area contributed by atoms with E-state index in [0.29, 0.717) is 25.4 Å². The summed E-state index contributed by atoms with van der Waals surface area (Å²) in [5.74, 6) is -1.25. The molecule has 2 amide bonds. The maximum atomic E-state index is 12.5. The van der Waals surface area contributed by atoms with Crippen LogP contribution in [0, 0.1) is 11.8 Å². The lowest BCUT2D eigenvalue weighted by molar-refractivity contribution is -0.142. The third-order valence-electron chi connectivity index (χ3n) is 4.49. The van der Waals surface area contributed by atoms with Crippen molar-refractivity contribution in [3.63, 3.8) is 0 Å². The van der Waals surface area contributed by atoms with Crippen molar-refractivity contribution in [1.82, 2.24) is 9.80 Å². The number of likely N-dealkylation sites (tertiary alicyclic amines) is 1. The Morgan fingerprint density at radius 1 is 1.38 bits per heavy atom. The van der Waals surface area contributed by atoms with Crippen LogP contribution in [0.2, 0.25) is 0 Å². The fraction of sp³-hybridized carbons (Fsp3) is 0.857. The van der Waals surface area contributed by atoms with Crippen molar-refractivity contribution < 1.29 is 24.5 Å². The number of rotatable bonds is 4. The zero-order valence-electron chi connectivity index (χ0n) is 12.4. The lowest BCUT2D eigenvalue weighted by atomic mass is 9.95. The molecular formula is C14H24N2O5. The molecule has 0 bridgehead atoms. The Labute approximate surface area is 124 Å². The quantitative estimate of drug-likeness (QED) is 0.776. The first-order valence-corrected chi connectivity index (χ1v) is 7.47. The van der Waals surface area contributed by atoms with Crippen molar-refractivity contribution in [3.05, 3.63) is 0 Å². The summed E-state index contributed by atoms with van der Waals surface area (Å²) in [6.07, 6.45) is 2.66. The van der Waals surface area contributed by atoms with Crippen molar-refractivity contribution in [2.24, 2.45) is 11.8 Å². The molecule has 2 aliphatic heterocycles. The number of likely N-dealkylation sites (N-methyl/N-ethyl adjacent to an activating group) is 1. The van der Waals surface area contributed by atoms with E-state index in [1.54, 1.807) is 11.9 Å². The van der Waals surface area contributed by atoms with Crippen LogP contribution in [0.25, 0.3) is 0 Å². The minimum Gasteiger partial charge on any atom is -0.481 e. The molecular weight excluding hydrogens is 276 g/mol. The molecule has 2 fully saturated rings. The van der Waals surface area contributed by atoms with E-state index in [2.05, 4.69) is 0 Å². The molecule has 0 aliphatic carbocycles. The summed E-state index contributed by atoms with van der Waals surface area (Å²) in [6.45, 7) is 1.89. The topological polar surface area (TPSA) is 90.3 Å². The lowest BCUT2D eigenvalue weighted by Crippen LogP contribution is -2.52.